The number of morpholine rings is 1. The number of aryl methyl sites for hydroxylation is 1. The highest BCUT2D eigenvalue weighted by Crippen LogP contribution is 2.13. The average Bonchev–Trinajstić information content (AvgIpc) is 2.67. The zero-order chi connectivity index (χ0) is 18.4. The standard InChI is InChI=1S/C21H27N3O2/c1-16-7-9-18(10-8-16)20(22)21(25)23-13-19-15-24(11-12-26-19)14-17-5-3-2-4-6-17/h2-10,19-20H,11-15,22H2,1H3,(H,23,25). The average molecular weight is 353 g/mol. The molecule has 3 rings (SSSR count). The summed E-state index contributed by atoms with van der Waals surface area (Å²) in [4.78, 5) is 14.7. The van der Waals surface area contributed by atoms with Crippen molar-refractivity contribution in [2.24, 2.45) is 5.73 Å². The molecular formula is C21H27N3O2. The van der Waals surface area contributed by atoms with E-state index in [0.29, 0.717) is 13.2 Å². The van der Waals surface area contributed by atoms with Crippen molar-refractivity contribution in [2.75, 3.05) is 26.2 Å². The molecule has 1 aliphatic rings. The van der Waals surface area contributed by atoms with Crippen molar-refractivity contribution in [1.82, 2.24) is 10.2 Å². The van der Waals surface area contributed by atoms with E-state index in [2.05, 4.69) is 34.5 Å². The zero-order valence-electron chi connectivity index (χ0n) is 15.2. The van der Waals surface area contributed by atoms with Crippen molar-refractivity contribution in [2.45, 2.75) is 25.6 Å². The third-order valence-electron chi connectivity index (χ3n) is 4.69. The van der Waals surface area contributed by atoms with Gasteiger partial charge in [0, 0.05) is 26.2 Å². The predicted octanol–water partition coefficient (Wildman–Crippen LogP) is 2.01. The Morgan fingerprint density at radius 3 is 2.69 bits per heavy atom. The molecule has 1 fully saturated rings. The number of amides is 1. The molecule has 138 valence electrons. The molecule has 1 amide bonds. The summed E-state index contributed by atoms with van der Waals surface area (Å²) in [7, 11) is 0. The highest BCUT2D eigenvalue weighted by molar-refractivity contribution is 5.82. The van der Waals surface area contributed by atoms with Gasteiger partial charge in [-0.05, 0) is 18.1 Å². The van der Waals surface area contributed by atoms with Crippen molar-refractivity contribution in [3.8, 4) is 0 Å². The van der Waals surface area contributed by atoms with Crippen molar-refractivity contribution in [3.63, 3.8) is 0 Å². The number of carbonyl (C=O) groups is 1. The molecule has 26 heavy (non-hydrogen) atoms. The molecule has 0 saturated carbocycles. The summed E-state index contributed by atoms with van der Waals surface area (Å²) < 4.78 is 5.80. The Labute approximate surface area is 155 Å². The minimum absolute atomic E-state index is 0.0124. The Morgan fingerprint density at radius 2 is 1.96 bits per heavy atom. The maximum atomic E-state index is 12.3. The van der Waals surface area contributed by atoms with E-state index in [1.165, 1.54) is 5.56 Å². The third kappa shape index (κ3) is 5.14. The first kappa shape index (κ1) is 18.6. The van der Waals surface area contributed by atoms with Crippen LogP contribution in [0.5, 0.6) is 0 Å². The summed E-state index contributed by atoms with van der Waals surface area (Å²) in [6, 6.07) is 17.5. The van der Waals surface area contributed by atoms with Crippen LogP contribution in [0.4, 0.5) is 0 Å². The summed E-state index contributed by atoms with van der Waals surface area (Å²) in [5.41, 5.74) is 9.33. The number of rotatable bonds is 6. The Morgan fingerprint density at radius 1 is 1.23 bits per heavy atom. The minimum atomic E-state index is -0.653. The second-order valence-electron chi connectivity index (χ2n) is 6.85. The van der Waals surface area contributed by atoms with Crippen LogP contribution in [0.2, 0.25) is 0 Å². The van der Waals surface area contributed by atoms with Crippen LogP contribution in [-0.4, -0.2) is 43.2 Å². The van der Waals surface area contributed by atoms with E-state index < -0.39 is 6.04 Å². The fraction of sp³-hybridized carbons (Fsp3) is 0.381. The van der Waals surface area contributed by atoms with Gasteiger partial charge in [0.1, 0.15) is 6.04 Å². The largest absolute Gasteiger partial charge is 0.374 e. The lowest BCUT2D eigenvalue weighted by molar-refractivity contribution is -0.123. The second-order valence-corrected chi connectivity index (χ2v) is 6.85. The summed E-state index contributed by atoms with van der Waals surface area (Å²) in [5, 5.41) is 2.93. The van der Waals surface area contributed by atoms with E-state index >= 15 is 0 Å². The van der Waals surface area contributed by atoms with Crippen LogP contribution in [0, 0.1) is 6.92 Å². The maximum absolute atomic E-state index is 12.3. The zero-order valence-corrected chi connectivity index (χ0v) is 15.2. The SMILES string of the molecule is Cc1ccc(C(N)C(=O)NCC2CN(Cc3ccccc3)CCO2)cc1. The maximum Gasteiger partial charge on any atom is 0.241 e. The van der Waals surface area contributed by atoms with Gasteiger partial charge in [-0.25, -0.2) is 0 Å². The summed E-state index contributed by atoms with van der Waals surface area (Å²) >= 11 is 0. The van der Waals surface area contributed by atoms with Gasteiger partial charge in [-0.3, -0.25) is 9.69 Å². The summed E-state index contributed by atoms with van der Waals surface area (Å²) in [5.74, 6) is -0.169. The number of carbonyl (C=O) groups excluding carboxylic acids is 1. The van der Waals surface area contributed by atoms with E-state index in [-0.39, 0.29) is 12.0 Å². The normalized spacial score (nSPS) is 19.1. The van der Waals surface area contributed by atoms with E-state index in [4.69, 9.17) is 10.5 Å². The molecule has 3 N–H and O–H groups in total. The third-order valence-corrected chi connectivity index (χ3v) is 4.69. The Kier molecular flexibility index (Phi) is 6.39. The van der Waals surface area contributed by atoms with Crippen LogP contribution in [0.25, 0.3) is 0 Å². The van der Waals surface area contributed by atoms with Gasteiger partial charge < -0.3 is 15.8 Å². The van der Waals surface area contributed by atoms with Gasteiger partial charge in [-0.2, -0.15) is 0 Å². The Hall–Kier alpha value is -2.21. The fourth-order valence-electron chi connectivity index (χ4n) is 3.14. The first-order valence-corrected chi connectivity index (χ1v) is 9.09. The lowest BCUT2D eigenvalue weighted by atomic mass is 10.1. The van der Waals surface area contributed by atoms with Gasteiger partial charge in [-0.1, -0.05) is 60.2 Å². The number of nitrogens with two attached hydrogens (primary N) is 1. The van der Waals surface area contributed by atoms with Crippen LogP contribution in [0.1, 0.15) is 22.7 Å². The quantitative estimate of drug-likeness (QED) is 0.834. The van der Waals surface area contributed by atoms with Crippen LogP contribution in [0.15, 0.2) is 54.6 Å². The molecule has 2 atom stereocenters. The van der Waals surface area contributed by atoms with Crippen LogP contribution in [-0.2, 0) is 16.1 Å². The lowest BCUT2D eigenvalue weighted by Gasteiger charge is -2.33. The summed E-state index contributed by atoms with van der Waals surface area (Å²) in [6.07, 6.45) is -0.0124. The molecule has 1 heterocycles. The molecule has 1 aliphatic heterocycles. The highest BCUT2D eigenvalue weighted by atomic mass is 16.5. The lowest BCUT2D eigenvalue weighted by Crippen LogP contribution is -2.48. The predicted molar refractivity (Wildman–Crippen MR) is 103 cm³/mol. The fourth-order valence-corrected chi connectivity index (χ4v) is 3.14. The molecule has 2 aromatic rings. The first-order chi connectivity index (χ1) is 12.6. The van der Waals surface area contributed by atoms with Crippen LogP contribution >= 0.6 is 0 Å². The second kappa shape index (κ2) is 8.94. The highest BCUT2D eigenvalue weighted by Gasteiger charge is 2.22. The number of ether oxygens (including phenoxy) is 1. The number of benzene rings is 2. The van der Waals surface area contributed by atoms with Gasteiger partial charge in [0.2, 0.25) is 5.91 Å². The van der Waals surface area contributed by atoms with Gasteiger partial charge in [0.15, 0.2) is 0 Å². The smallest absolute Gasteiger partial charge is 0.241 e. The van der Waals surface area contributed by atoms with Crippen molar-refractivity contribution in [1.29, 1.82) is 0 Å². The van der Waals surface area contributed by atoms with Crippen molar-refractivity contribution >= 4 is 5.91 Å². The summed E-state index contributed by atoms with van der Waals surface area (Å²) in [6.45, 7) is 5.77. The molecule has 0 aliphatic carbocycles. The minimum Gasteiger partial charge on any atom is -0.374 e. The number of nitrogens with zero attached hydrogens (tertiary/aromatic N) is 1. The van der Waals surface area contributed by atoms with Gasteiger partial charge in [0.05, 0.1) is 12.7 Å². The Balaban J connectivity index is 1.47. The molecule has 5 heteroatoms. The molecular weight excluding hydrogens is 326 g/mol. The van der Waals surface area contributed by atoms with Crippen LogP contribution in [0.3, 0.4) is 0 Å². The van der Waals surface area contributed by atoms with Crippen molar-refractivity contribution < 1.29 is 9.53 Å². The van der Waals surface area contributed by atoms with E-state index in [1.54, 1.807) is 0 Å². The van der Waals surface area contributed by atoms with Gasteiger partial charge >= 0.3 is 0 Å². The Bertz CT molecular complexity index is 703. The van der Waals surface area contributed by atoms with E-state index in [1.807, 2.05) is 37.3 Å². The number of hydrogen-bond donors (Lipinski definition) is 2. The molecule has 2 unspecified atom stereocenters. The topological polar surface area (TPSA) is 67.6 Å². The molecule has 1 saturated heterocycles. The van der Waals surface area contributed by atoms with Crippen LogP contribution < -0.4 is 11.1 Å². The molecule has 0 aromatic heterocycles. The van der Waals surface area contributed by atoms with Crippen molar-refractivity contribution in [3.05, 3.63) is 71.3 Å². The molecule has 0 radical (unpaired) electrons. The monoisotopic (exact) mass is 353 g/mol. The number of nitrogens with one attached hydrogen (secondary N) is 1. The first-order valence-electron chi connectivity index (χ1n) is 9.09. The van der Waals surface area contributed by atoms with Gasteiger partial charge in [-0.15, -0.1) is 0 Å². The van der Waals surface area contributed by atoms with Gasteiger partial charge in [0.25, 0.3) is 0 Å². The van der Waals surface area contributed by atoms with E-state index in [9.17, 15) is 4.79 Å². The van der Waals surface area contributed by atoms with E-state index in [0.717, 1.165) is 30.8 Å². The molecule has 0 bridgehead atoms. The number of hydrogen-bond acceptors (Lipinski definition) is 4. The molecule has 5 nitrogen and oxygen atoms in total. The molecule has 2 aromatic carbocycles. The molecule has 0 spiro atoms.